The van der Waals surface area contributed by atoms with E-state index in [4.69, 9.17) is 15.9 Å². The fourth-order valence-electron chi connectivity index (χ4n) is 2.80. The molecule has 0 aromatic heterocycles. The number of hydrogen-bond donors (Lipinski definition) is 0. The predicted octanol–water partition coefficient (Wildman–Crippen LogP) is 3.63. The zero-order valence-corrected chi connectivity index (χ0v) is 15.0. The van der Waals surface area contributed by atoms with Crippen molar-refractivity contribution in [2.75, 3.05) is 6.54 Å². The zero-order valence-electron chi connectivity index (χ0n) is 15.0. The summed E-state index contributed by atoms with van der Waals surface area (Å²) in [5.74, 6) is 2.04. The van der Waals surface area contributed by atoms with Gasteiger partial charge in [-0.15, -0.1) is 6.42 Å². The van der Waals surface area contributed by atoms with E-state index in [2.05, 4.69) is 5.92 Å². The number of nitrogens with zero attached hydrogens (tertiary/aromatic N) is 1. The lowest BCUT2D eigenvalue weighted by atomic mass is 9.98. The summed E-state index contributed by atoms with van der Waals surface area (Å²) in [4.78, 5) is 26.4. The SMILES string of the molecule is C#C[C@@H](OC(=O)c1ccccc1)[C@@H]1CCCCN1C(=O)OC(C)(C)C. The molecular weight excluding hydrogens is 318 g/mol. The molecule has 134 valence electrons. The van der Waals surface area contributed by atoms with Crippen LogP contribution in [0.3, 0.4) is 0 Å². The third-order valence-electron chi connectivity index (χ3n) is 3.93. The highest BCUT2D eigenvalue weighted by Gasteiger charge is 2.36. The molecule has 0 bridgehead atoms. The summed E-state index contributed by atoms with van der Waals surface area (Å²) in [6.07, 6.45) is 6.86. The van der Waals surface area contributed by atoms with Crippen LogP contribution in [-0.4, -0.2) is 41.3 Å². The summed E-state index contributed by atoms with van der Waals surface area (Å²) < 4.78 is 11.0. The maximum absolute atomic E-state index is 12.5. The molecule has 5 nitrogen and oxygen atoms in total. The Morgan fingerprint density at radius 3 is 2.52 bits per heavy atom. The Bertz CT molecular complexity index is 642. The maximum Gasteiger partial charge on any atom is 0.410 e. The molecule has 2 atom stereocenters. The molecule has 1 amide bonds. The molecule has 1 aliphatic rings. The standard InChI is InChI=1S/C20H25NO4/c1-5-17(24-18(22)15-11-7-6-8-12-15)16-13-9-10-14-21(16)19(23)25-20(2,3)4/h1,6-8,11-12,16-17H,9-10,13-14H2,2-4H3/t16-,17+/m0/s1. The van der Waals surface area contributed by atoms with E-state index in [1.54, 1.807) is 29.2 Å². The normalized spacial score (nSPS) is 18.8. The molecule has 0 unspecified atom stereocenters. The van der Waals surface area contributed by atoms with Gasteiger partial charge in [0.25, 0.3) is 0 Å². The van der Waals surface area contributed by atoms with Crippen molar-refractivity contribution in [1.29, 1.82) is 0 Å². The minimum absolute atomic E-state index is 0.374. The molecular formula is C20H25NO4. The Morgan fingerprint density at radius 2 is 1.92 bits per heavy atom. The molecule has 1 saturated heterocycles. The number of carbonyl (C=O) groups excluding carboxylic acids is 2. The summed E-state index contributed by atoms with van der Waals surface area (Å²) in [6, 6.07) is 8.30. The van der Waals surface area contributed by atoms with Crippen LogP contribution in [0.1, 0.15) is 50.4 Å². The van der Waals surface area contributed by atoms with Crippen molar-refractivity contribution >= 4 is 12.1 Å². The largest absolute Gasteiger partial charge is 0.444 e. The quantitative estimate of drug-likeness (QED) is 0.621. The van der Waals surface area contributed by atoms with Crippen molar-refractivity contribution in [1.82, 2.24) is 4.90 Å². The molecule has 0 saturated carbocycles. The molecule has 1 fully saturated rings. The molecule has 1 aliphatic heterocycles. The average Bonchev–Trinajstić information content (AvgIpc) is 2.58. The van der Waals surface area contributed by atoms with Gasteiger partial charge in [0.05, 0.1) is 11.6 Å². The van der Waals surface area contributed by atoms with Crippen LogP contribution in [0.5, 0.6) is 0 Å². The molecule has 0 aliphatic carbocycles. The van der Waals surface area contributed by atoms with Gasteiger partial charge in [0, 0.05) is 6.54 Å². The third kappa shape index (κ3) is 5.25. The second-order valence-corrected chi connectivity index (χ2v) is 7.10. The van der Waals surface area contributed by atoms with Crippen molar-refractivity contribution < 1.29 is 19.1 Å². The molecule has 5 heteroatoms. The van der Waals surface area contributed by atoms with E-state index >= 15 is 0 Å². The molecule has 0 radical (unpaired) electrons. The number of piperidine rings is 1. The first-order valence-corrected chi connectivity index (χ1v) is 8.53. The van der Waals surface area contributed by atoms with Gasteiger partial charge in [-0.2, -0.15) is 0 Å². The van der Waals surface area contributed by atoms with E-state index in [-0.39, 0.29) is 6.04 Å². The third-order valence-corrected chi connectivity index (χ3v) is 3.93. The van der Waals surface area contributed by atoms with Crippen LogP contribution in [0, 0.1) is 12.3 Å². The van der Waals surface area contributed by atoms with E-state index in [1.165, 1.54) is 0 Å². The van der Waals surface area contributed by atoms with Gasteiger partial charge in [-0.1, -0.05) is 24.1 Å². The number of carbonyl (C=O) groups is 2. The van der Waals surface area contributed by atoms with Gasteiger partial charge in [0.1, 0.15) is 5.60 Å². The van der Waals surface area contributed by atoms with Crippen molar-refractivity contribution in [3.8, 4) is 12.3 Å². The number of terminal acetylenes is 1. The van der Waals surface area contributed by atoms with Gasteiger partial charge in [-0.3, -0.25) is 0 Å². The summed E-state index contributed by atoms with van der Waals surface area (Å²) in [6.45, 7) is 5.99. The topological polar surface area (TPSA) is 55.8 Å². The Balaban J connectivity index is 2.12. The first kappa shape index (κ1) is 18.9. The Kier molecular flexibility index (Phi) is 6.08. The summed E-state index contributed by atoms with van der Waals surface area (Å²) in [5.41, 5.74) is -0.159. The number of esters is 1. The van der Waals surface area contributed by atoms with Crippen LogP contribution in [0.2, 0.25) is 0 Å². The van der Waals surface area contributed by atoms with E-state index in [1.807, 2.05) is 26.8 Å². The number of benzene rings is 1. The van der Waals surface area contributed by atoms with Gasteiger partial charge in [-0.05, 0) is 52.2 Å². The highest BCUT2D eigenvalue weighted by atomic mass is 16.6. The molecule has 2 rings (SSSR count). The first-order valence-electron chi connectivity index (χ1n) is 8.53. The number of ether oxygens (including phenoxy) is 2. The smallest absolute Gasteiger partial charge is 0.410 e. The second kappa shape index (κ2) is 8.06. The van der Waals surface area contributed by atoms with Crippen LogP contribution >= 0.6 is 0 Å². The second-order valence-electron chi connectivity index (χ2n) is 7.10. The van der Waals surface area contributed by atoms with Gasteiger partial charge in [0.2, 0.25) is 0 Å². The Morgan fingerprint density at radius 1 is 1.24 bits per heavy atom. The lowest BCUT2D eigenvalue weighted by Crippen LogP contribution is -2.52. The van der Waals surface area contributed by atoms with Crippen LogP contribution in [-0.2, 0) is 9.47 Å². The molecule has 1 heterocycles. The highest BCUT2D eigenvalue weighted by molar-refractivity contribution is 5.89. The monoisotopic (exact) mass is 343 g/mol. The van der Waals surface area contributed by atoms with Gasteiger partial charge >= 0.3 is 12.1 Å². The molecule has 1 aromatic carbocycles. The molecule has 0 spiro atoms. The van der Waals surface area contributed by atoms with E-state index in [9.17, 15) is 9.59 Å². The molecule has 0 N–H and O–H groups in total. The van der Waals surface area contributed by atoms with Gasteiger partial charge < -0.3 is 14.4 Å². The maximum atomic E-state index is 12.5. The first-order chi connectivity index (χ1) is 11.8. The molecule has 1 aromatic rings. The zero-order chi connectivity index (χ0) is 18.4. The Labute approximate surface area is 149 Å². The van der Waals surface area contributed by atoms with E-state index in [0.717, 1.165) is 12.8 Å². The Hall–Kier alpha value is -2.48. The number of amides is 1. The van der Waals surface area contributed by atoms with Crippen LogP contribution in [0.25, 0.3) is 0 Å². The van der Waals surface area contributed by atoms with Crippen LogP contribution < -0.4 is 0 Å². The number of hydrogen-bond acceptors (Lipinski definition) is 4. The number of rotatable bonds is 3. The van der Waals surface area contributed by atoms with Gasteiger partial charge in [0.15, 0.2) is 6.10 Å². The van der Waals surface area contributed by atoms with Crippen LogP contribution in [0.4, 0.5) is 4.79 Å². The van der Waals surface area contributed by atoms with E-state index in [0.29, 0.717) is 18.5 Å². The lowest BCUT2D eigenvalue weighted by Gasteiger charge is -2.38. The minimum atomic E-state index is -0.805. The number of likely N-dealkylation sites (tertiary alicyclic amines) is 1. The van der Waals surface area contributed by atoms with Crippen molar-refractivity contribution in [3.63, 3.8) is 0 Å². The van der Waals surface area contributed by atoms with Crippen molar-refractivity contribution in [2.24, 2.45) is 0 Å². The lowest BCUT2D eigenvalue weighted by molar-refractivity contribution is -0.0168. The van der Waals surface area contributed by atoms with Gasteiger partial charge in [-0.25, -0.2) is 9.59 Å². The minimum Gasteiger partial charge on any atom is -0.444 e. The average molecular weight is 343 g/mol. The molecule has 25 heavy (non-hydrogen) atoms. The predicted molar refractivity (Wildman–Crippen MR) is 95.1 cm³/mol. The van der Waals surface area contributed by atoms with Crippen molar-refractivity contribution in [2.45, 2.75) is 57.8 Å². The van der Waals surface area contributed by atoms with Crippen LogP contribution in [0.15, 0.2) is 30.3 Å². The van der Waals surface area contributed by atoms with Crippen molar-refractivity contribution in [3.05, 3.63) is 35.9 Å². The summed E-state index contributed by atoms with van der Waals surface area (Å²) in [5, 5.41) is 0. The fourth-order valence-corrected chi connectivity index (χ4v) is 2.80. The summed E-state index contributed by atoms with van der Waals surface area (Å²) in [7, 11) is 0. The van der Waals surface area contributed by atoms with E-state index < -0.39 is 23.8 Å². The fraction of sp³-hybridized carbons (Fsp3) is 0.500. The summed E-state index contributed by atoms with van der Waals surface area (Å²) >= 11 is 0. The highest BCUT2D eigenvalue weighted by Crippen LogP contribution is 2.24.